The van der Waals surface area contributed by atoms with Crippen LogP contribution in [0.15, 0.2) is 47.8 Å². The first-order valence-corrected chi connectivity index (χ1v) is 6.23. The van der Waals surface area contributed by atoms with Gasteiger partial charge in [0.2, 0.25) is 0 Å². The molecular formula is C16H26O. The van der Waals surface area contributed by atoms with Crippen LogP contribution in [0.4, 0.5) is 0 Å². The number of ether oxygens (including phenoxy) is 1. The van der Waals surface area contributed by atoms with Crippen LogP contribution in [0.1, 0.15) is 40.5 Å². The maximum atomic E-state index is 5.46. The van der Waals surface area contributed by atoms with Crippen LogP contribution in [-0.4, -0.2) is 7.11 Å². The predicted molar refractivity (Wildman–Crippen MR) is 76.9 cm³/mol. The van der Waals surface area contributed by atoms with Crippen molar-refractivity contribution < 1.29 is 4.74 Å². The maximum Gasteiger partial charge on any atom is 0.118 e. The van der Waals surface area contributed by atoms with E-state index in [2.05, 4.69) is 45.6 Å². The molecule has 0 aliphatic heterocycles. The normalized spacial score (nSPS) is 14.1. The fraction of sp³-hybridized carbons (Fsp3) is 0.500. The zero-order chi connectivity index (χ0) is 13.3. The molecule has 0 aromatic heterocycles. The molecule has 1 heteroatoms. The molecule has 0 N–H and O–H groups in total. The van der Waals surface area contributed by atoms with Crippen LogP contribution in [0.2, 0.25) is 0 Å². The first-order valence-electron chi connectivity index (χ1n) is 6.23. The van der Waals surface area contributed by atoms with Gasteiger partial charge in [-0.25, -0.2) is 0 Å². The van der Waals surface area contributed by atoms with Gasteiger partial charge in [-0.2, -0.15) is 0 Å². The van der Waals surface area contributed by atoms with Gasteiger partial charge in [-0.1, -0.05) is 38.7 Å². The zero-order valence-electron chi connectivity index (χ0n) is 11.9. The average molecular weight is 234 g/mol. The van der Waals surface area contributed by atoms with Gasteiger partial charge in [-0.15, -0.1) is 0 Å². The summed E-state index contributed by atoms with van der Waals surface area (Å²) >= 11 is 0. The minimum Gasteiger partial charge on any atom is -0.497 e. The second-order valence-corrected chi connectivity index (χ2v) is 4.64. The molecule has 17 heavy (non-hydrogen) atoms. The van der Waals surface area contributed by atoms with Crippen LogP contribution in [0.25, 0.3) is 0 Å². The van der Waals surface area contributed by atoms with Crippen LogP contribution in [0.3, 0.4) is 0 Å². The van der Waals surface area contributed by atoms with Crippen molar-refractivity contribution in [3.8, 4) is 0 Å². The van der Waals surface area contributed by atoms with Gasteiger partial charge >= 0.3 is 0 Å². The molecule has 0 unspecified atom stereocenters. The smallest absolute Gasteiger partial charge is 0.118 e. The molecule has 0 spiro atoms. The summed E-state index contributed by atoms with van der Waals surface area (Å²) in [6.45, 7) is 12.4. The molecule has 0 fully saturated rings. The van der Waals surface area contributed by atoms with E-state index in [1.54, 1.807) is 7.11 Å². The third-order valence-corrected chi connectivity index (χ3v) is 2.52. The van der Waals surface area contributed by atoms with E-state index >= 15 is 0 Å². The quantitative estimate of drug-likeness (QED) is 0.341. The summed E-state index contributed by atoms with van der Waals surface area (Å²) in [4.78, 5) is 0. The lowest BCUT2D eigenvalue weighted by Crippen LogP contribution is -1.95. The molecule has 0 radical (unpaired) electrons. The monoisotopic (exact) mass is 234 g/mol. The molecule has 0 atom stereocenters. The SMILES string of the molecule is C=C/C(=C\C(OC)=C(/C)CC(C)C)C/C=C/C. The molecule has 0 heterocycles. The minimum atomic E-state index is 0.649. The Morgan fingerprint density at radius 2 is 2.00 bits per heavy atom. The number of hydrogen-bond donors (Lipinski definition) is 0. The topological polar surface area (TPSA) is 9.23 Å². The van der Waals surface area contributed by atoms with E-state index in [0.29, 0.717) is 5.92 Å². The Bertz CT molecular complexity index is 316. The Morgan fingerprint density at radius 1 is 1.35 bits per heavy atom. The number of methoxy groups -OCH3 is 1. The summed E-state index contributed by atoms with van der Waals surface area (Å²) < 4.78 is 5.46. The fourth-order valence-corrected chi connectivity index (χ4v) is 1.69. The van der Waals surface area contributed by atoms with Crippen LogP contribution < -0.4 is 0 Å². The Morgan fingerprint density at radius 3 is 2.41 bits per heavy atom. The van der Waals surface area contributed by atoms with Crippen LogP contribution in [-0.2, 0) is 4.74 Å². The van der Waals surface area contributed by atoms with Gasteiger partial charge in [0.15, 0.2) is 0 Å². The lowest BCUT2D eigenvalue weighted by molar-refractivity contribution is 0.299. The molecule has 0 bridgehead atoms. The highest BCUT2D eigenvalue weighted by molar-refractivity contribution is 5.30. The van der Waals surface area contributed by atoms with Crippen molar-refractivity contribution >= 4 is 0 Å². The second kappa shape index (κ2) is 8.86. The highest BCUT2D eigenvalue weighted by Gasteiger charge is 2.03. The summed E-state index contributed by atoms with van der Waals surface area (Å²) in [5.74, 6) is 1.62. The van der Waals surface area contributed by atoms with Crippen molar-refractivity contribution in [3.05, 3.63) is 47.8 Å². The van der Waals surface area contributed by atoms with Gasteiger partial charge in [-0.3, -0.25) is 0 Å². The van der Waals surface area contributed by atoms with Crippen molar-refractivity contribution in [2.75, 3.05) is 7.11 Å². The van der Waals surface area contributed by atoms with Crippen molar-refractivity contribution in [1.82, 2.24) is 0 Å². The molecular weight excluding hydrogens is 208 g/mol. The lowest BCUT2D eigenvalue weighted by Gasteiger charge is -2.11. The summed E-state index contributed by atoms with van der Waals surface area (Å²) in [7, 11) is 1.73. The molecule has 0 saturated heterocycles. The van der Waals surface area contributed by atoms with Crippen molar-refractivity contribution in [3.63, 3.8) is 0 Å². The summed E-state index contributed by atoms with van der Waals surface area (Å²) in [6.07, 6.45) is 10.1. The largest absolute Gasteiger partial charge is 0.497 e. The predicted octanol–water partition coefficient (Wildman–Crippen LogP) is 5.03. The van der Waals surface area contributed by atoms with Crippen molar-refractivity contribution in [2.24, 2.45) is 5.92 Å². The molecule has 0 aromatic rings. The van der Waals surface area contributed by atoms with Gasteiger partial charge in [0, 0.05) is 0 Å². The second-order valence-electron chi connectivity index (χ2n) is 4.64. The first kappa shape index (κ1) is 15.8. The van der Waals surface area contributed by atoms with Crippen LogP contribution in [0.5, 0.6) is 0 Å². The Labute approximate surface area is 107 Å². The van der Waals surface area contributed by atoms with Gasteiger partial charge < -0.3 is 4.74 Å². The first-order chi connectivity index (χ1) is 8.04. The summed E-state index contributed by atoms with van der Waals surface area (Å²) in [5, 5.41) is 0. The minimum absolute atomic E-state index is 0.649. The van der Waals surface area contributed by atoms with Gasteiger partial charge in [0.05, 0.1) is 7.11 Å². The number of hydrogen-bond acceptors (Lipinski definition) is 1. The molecule has 0 rings (SSSR count). The Balaban J connectivity index is 4.96. The maximum absolute atomic E-state index is 5.46. The molecule has 0 saturated carbocycles. The van der Waals surface area contributed by atoms with Gasteiger partial charge in [-0.05, 0) is 49.8 Å². The molecule has 0 aromatic carbocycles. The van der Waals surface area contributed by atoms with E-state index in [1.807, 2.05) is 13.0 Å². The van der Waals surface area contributed by atoms with E-state index < -0.39 is 0 Å². The van der Waals surface area contributed by atoms with Crippen LogP contribution >= 0.6 is 0 Å². The molecule has 0 aliphatic rings. The van der Waals surface area contributed by atoms with Gasteiger partial charge in [0.25, 0.3) is 0 Å². The third kappa shape index (κ3) is 6.83. The lowest BCUT2D eigenvalue weighted by atomic mass is 10.0. The van der Waals surface area contributed by atoms with E-state index in [9.17, 15) is 0 Å². The van der Waals surface area contributed by atoms with E-state index in [1.165, 1.54) is 11.1 Å². The van der Waals surface area contributed by atoms with E-state index in [4.69, 9.17) is 4.74 Å². The van der Waals surface area contributed by atoms with Crippen LogP contribution in [0, 0.1) is 5.92 Å². The molecule has 1 nitrogen and oxygen atoms in total. The zero-order valence-corrected chi connectivity index (χ0v) is 11.9. The fourth-order valence-electron chi connectivity index (χ4n) is 1.69. The Kier molecular flexibility index (Phi) is 8.21. The number of rotatable bonds is 7. The highest BCUT2D eigenvalue weighted by Crippen LogP contribution is 2.18. The van der Waals surface area contributed by atoms with Gasteiger partial charge in [0.1, 0.15) is 5.76 Å². The standard InChI is InChI=1S/C16H26O/c1-7-9-10-15(8-2)12-16(17-6)14(5)11-13(3)4/h7-9,12-13H,2,10-11H2,1,3-6H3/b9-7+,15-12+,16-14-. The summed E-state index contributed by atoms with van der Waals surface area (Å²) in [6, 6.07) is 0. The highest BCUT2D eigenvalue weighted by atomic mass is 16.5. The average Bonchev–Trinajstić information content (AvgIpc) is 2.28. The van der Waals surface area contributed by atoms with Crippen molar-refractivity contribution in [1.29, 1.82) is 0 Å². The molecule has 0 aliphatic carbocycles. The third-order valence-electron chi connectivity index (χ3n) is 2.52. The Hall–Kier alpha value is -1.24. The van der Waals surface area contributed by atoms with E-state index in [0.717, 1.165) is 18.6 Å². The number of allylic oxidation sites excluding steroid dienone is 6. The molecule has 96 valence electrons. The summed E-state index contributed by atoms with van der Waals surface area (Å²) in [5.41, 5.74) is 2.48. The van der Waals surface area contributed by atoms with E-state index in [-0.39, 0.29) is 0 Å². The van der Waals surface area contributed by atoms with Crippen molar-refractivity contribution in [2.45, 2.75) is 40.5 Å². The molecule has 0 amide bonds.